The first-order chi connectivity index (χ1) is 25.3. The molecule has 248 valence electrons. The molecule has 2 aromatic heterocycles. The Morgan fingerprint density at radius 3 is 1.46 bits per heavy atom. The predicted octanol–water partition coefficient (Wildman–Crippen LogP) is 12.3. The molecule has 52 heavy (non-hydrogen) atoms. The highest BCUT2D eigenvalue weighted by Crippen LogP contribution is 2.51. The van der Waals surface area contributed by atoms with Crippen molar-refractivity contribution in [3.8, 4) is 67.4 Å². The lowest BCUT2D eigenvalue weighted by Crippen LogP contribution is -2.14. The van der Waals surface area contributed by atoms with Crippen LogP contribution in [0.1, 0.15) is 49.9 Å². The van der Waals surface area contributed by atoms with Crippen LogP contribution in [0.15, 0.2) is 152 Å². The van der Waals surface area contributed by atoms with Crippen molar-refractivity contribution in [3.63, 3.8) is 0 Å². The molecule has 2 heterocycles. The summed E-state index contributed by atoms with van der Waals surface area (Å²) in [6.07, 6.45) is 1.95. The van der Waals surface area contributed by atoms with Crippen LogP contribution in [-0.4, -0.2) is 15.0 Å². The number of benzene rings is 6. The van der Waals surface area contributed by atoms with Gasteiger partial charge in [0, 0.05) is 44.7 Å². The summed E-state index contributed by atoms with van der Waals surface area (Å²) >= 11 is 0. The molecule has 0 spiro atoms. The van der Waals surface area contributed by atoms with Crippen LogP contribution in [0.25, 0.3) is 78.2 Å². The van der Waals surface area contributed by atoms with Crippen LogP contribution in [0, 0.1) is 0 Å². The largest absolute Gasteiger partial charge is 0.256 e. The van der Waals surface area contributed by atoms with E-state index in [1.165, 1.54) is 49.9 Å². The zero-order valence-corrected chi connectivity index (χ0v) is 29.8. The van der Waals surface area contributed by atoms with Crippen molar-refractivity contribution < 1.29 is 0 Å². The fourth-order valence-electron chi connectivity index (χ4n) is 8.66. The van der Waals surface area contributed by atoms with E-state index in [2.05, 4.69) is 167 Å². The van der Waals surface area contributed by atoms with Crippen LogP contribution in [-0.2, 0) is 10.8 Å². The van der Waals surface area contributed by atoms with Gasteiger partial charge in [0.2, 0.25) is 0 Å². The highest BCUT2D eigenvalue weighted by molar-refractivity contribution is 5.88. The smallest absolute Gasteiger partial charge is 0.160 e. The van der Waals surface area contributed by atoms with Gasteiger partial charge in [-0.1, -0.05) is 149 Å². The van der Waals surface area contributed by atoms with E-state index in [1.807, 2.05) is 12.3 Å². The number of nitrogens with zero attached hydrogens (tertiary/aromatic N) is 3. The van der Waals surface area contributed by atoms with Gasteiger partial charge >= 0.3 is 0 Å². The fourth-order valence-corrected chi connectivity index (χ4v) is 8.66. The maximum absolute atomic E-state index is 5.31. The highest BCUT2D eigenvalue weighted by atomic mass is 14.9. The molecule has 0 atom stereocenters. The van der Waals surface area contributed by atoms with E-state index in [0.29, 0.717) is 0 Å². The Balaban J connectivity index is 1.12. The Labute approximate surface area is 304 Å². The molecule has 8 aromatic rings. The summed E-state index contributed by atoms with van der Waals surface area (Å²) < 4.78 is 0. The van der Waals surface area contributed by atoms with Crippen LogP contribution >= 0.6 is 0 Å². The van der Waals surface area contributed by atoms with Crippen LogP contribution in [0.4, 0.5) is 0 Å². The molecule has 0 aliphatic heterocycles. The molecule has 2 aliphatic rings. The predicted molar refractivity (Wildman–Crippen MR) is 214 cm³/mol. The molecule has 10 rings (SSSR count). The fraction of sp³-hybridized carbons (Fsp3) is 0.122. The van der Waals surface area contributed by atoms with Gasteiger partial charge < -0.3 is 0 Å². The van der Waals surface area contributed by atoms with Crippen molar-refractivity contribution in [1.29, 1.82) is 0 Å². The third-order valence-electron chi connectivity index (χ3n) is 11.6. The van der Waals surface area contributed by atoms with Crippen molar-refractivity contribution in [1.82, 2.24) is 15.0 Å². The lowest BCUT2D eigenvalue weighted by molar-refractivity contribution is 0.660. The first-order valence-corrected chi connectivity index (χ1v) is 18.1. The minimum atomic E-state index is -0.0611. The quantitative estimate of drug-likeness (QED) is 0.187. The van der Waals surface area contributed by atoms with E-state index in [-0.39, 0.29) is 10.8 Å². The van der Waals surface area contributed by atoms with E-state index < -0.39 is 0 Å². The van der Waals surface area contributed by atoms with Crippen LogP contribution in [0.3, 0.4) is 0 Å². The molecule has 0 fully saturated rings. The summed E-state index contributed by atoms with van der Waals surface area (Å²) in [5.74, 6) is 0.721. The number of pyridine rings is 1. The van der Waals surface area contributed by atoms with E-state index in [9.17, 15) is 0 Å². The topological polar surface area (TPSA) is 38.7 Å². The first kappa shape index (κ1) is 30.6. The van der Waals surface area contributed by atoms with E-state index in [1.54, 1.807) is 0 Å². The summed E-state index contributed by atoms with van der Waals surface area (Å²) in [5.41, 5.74) is 17.4. The van der Waals surface area contributed by atoms with Gasteiger partial charge in [0.1, 0.15) is 0 Å². The Kier molecular flexibility index (Phi) is 6.57. The van der Waals surface area contributed by atoms with E-state index >= 15 is 0 Å². The van der Waals surface area contributed by atoms with Gasteiger partial charge in [0.25, 0.3) is 0 Å². The molecular formula is C49H37N3. The summed E-state index contributed by atoms with van der Waals surface area (Å²) in [7, 11) is 0. The summed E-state index contributed by atoms with van der Waals surface area (Å²) in [6, 6.07) is 52.5. The zero-order chi connectivity index (χ0) is 35.2. The van der Waals surface area contributed by atoms with Gasteiger partial charge in [-0.3, -0.25) is 4.98 Å². The van der Waals surface area contributed by atoms with Crippen molar-refractivity contribution in [2.24, 2.45) is 0 Å². The van der Waals surface area contributed by atoms with Crippen LogP contribution < -0.4 is 0 Å². The number of rotatable bonds is 4. The van der Waals surface area contributed by atoms with Crippen molar-refractivity contribution >= 4 is 10.8 Å². The van der Waals surface area contributed by atoms with Gasteiger partial charge in [-0.05, 0) is 74.2 Å². The Morgan fingerprint density at radius 2 is 0.827 bits per heavy atom. The molecule has 0 unspecified atom stereocenters. The molecule has 3 nitrogen and oxygen atoms in total. The van der Waals surface area contributed by atoms with Crippen molar-refractivity contribution in [3.05, 3.63) is 174 Å². The average molecular weight is 668 g/mol. The van der Waals surface area contributed by atoms with Gasteiger partial charge in [-0.2, -0.15) is 0 Å². The second-order valence-electron chi connectivity index (χ2n) is 15.3. The maximum atomic E-state index is 5.31. The van der Waals surface area contributed by atoms with E-state index in [0.717, 1.165) is 50.5 Å². The number of aromatic nitrogens is 3. The monoisotopic (exact) mass is 667 g/mol. The normalized spacial score (nSPS) is 14.5. The van der Waals surface area contributed by atoms with Gasteiger partial charge in [0.05, 0.1) is 17.1 Å². The molecular weight excluding hydrogens is 631 g/mol. The third kappa shape index (κ3) is 4.62. The van der Waals surface area contributed by atoms with E-state index in [4.69, 9.17) is 15.0 Å². The molecule has 0 bridgehead atoms. The summed E-state index contributed by atoms with van der Waals surface area (Å²) in [4.78, 5) is 15.3. The molecule has 0 N–H and O–H groups in total. The molecule has 6 aromatic carbocycles. The maximum Gasteiger partial charge on any atom is 0.160 e. The summed E-state index contributed by atoms with van der Waals surface area (Å²) in [5, 5.41) is 2.32. The molecule has 0 radical (unpaired) electrons. The molecule has 0 amide bonds. The third-order valence-corrected chi connectivity index (χ3v) is 11.6. The Hall–Kier alpha value is -6.19. The molecule has 3 heteroatoms. The van der Waals surface area contributed by atoms with Crippen LogP contribution in [0.5, 0.6) is 0 Å². The number of fused-ring (bicyclic) bond motifs is 7. The minimum Gasteiger partial charge on any atom is -0.256 e. The summed E-state index contributed by atoms with van der Waals surface area (Å²) in [6.45, 7) is 9.28. The van der Waals surface area contributed by atoms with Gasteiger partial charge in [-0.25, -0.2) is 9.97 Å². The molecule has 0 saturated heterocycles. The molecule has 0 saturated carbocycles. The average Bonchev–Trinajstić information content (AvgIpc) is 3.56. The van der Waals surface area contributed by atoms with Gasteiger partial charge in [-0.15, -0.1) is 0 Å². The van der Waals surface area contributed by atoms with Crippen LogP contribution in [0.2, 0.25) is 0 Å². The number of hydrogen-bond donors (Lipinski definition) is 0. The first-order valence-electron chi connectivity index (χ1n) is 18.1. The SMILES string of the molecule is CC1(C)c2ccccc2-c2cc(-c3cc(-c4ccc(-c5cc6ccccc6cn5)cc4)nc(-c4ccc5c(c4)-c4ccccc4C5(C)C)n3)ccc21. The van der Waals surface area contributed by atoms with Crippen molar-refractivity contribution in [2.75, 3.05) is 0 Å². The number of hydrogen-bond acceptors (Lipinski definition) is 3. The lowest BCUT2D eigenvalue weighted by Gasteiger charge is -2.21. The second-order valence-corrected chi connectivity index (χ2v) is 15.3. The second kappa shape index (κ2) is 11.2. The van der Waals surface area contributed by atoms with Gasteiger partial charge in [0.15, 0.2) is 5.82 Å². The zero-order valence-electron chi connectivity index (χ0n) is 29.8. The molecule has 2 aliphatic carbocycles. The highest BCUT2D eigenvalue weighted by Gasteiger charge is 2.36. The Bertz CT molecular complexity index is 2610. The minimum absolute atomic E-state index is 0.0530. The van der Waals surface area contributed by atoms with Crippen molar-refractivity contribution in [2.45, 2.75) is 38.5 Å². The lowest BCUT2D eigenvalue weighted by atomic mass is 9.82. The Morgan fingerprint density at radius 1 is 0.365 bits per heavy atom. The standard InChI is InChI=1S/C49H37N3/c1-48(2)40-15-9-7-13-36(40)38-25-33(21-23-42(38)48)46-28-45(31-19-17-30(18-20-31)44-27-32-11-5-6-12-35(32)29-50-44)51-47(52-46)34-22-24-43-39(26-34)37-14-8-10-16-41(37)49(43,3)4/h5-29H,1-4H3.